The summed E-state index contributed by atoms with van der Waals surface area (Å²) in [4.78, 5) is 11.1. The van der Waals surface area contributed by atoms with Gasteiger partial charge in [0.25, 0.3) is 0 Å². The van der Waals surface area contributed by atoms with Gasteiger partial charge in [-0.1, -0.05) is 38.2 Å². The first-order chi connectivity index (χ1) is 6.66. The molecular formula is C12H20O2. The molecule has 0 aliphatic rings. The van der Waals surface area contributed by atoms with Crippen LogP contribution in [-0.2, 0) is 9.53 Å². The number of rotatable bonds is 6. The van der Waals surface area contributed by atoms with Gasteiger partial charge in [-0.15, -0.1) is 0 Å². The Morgan fingerprint density at radius 1 is 1.36 bits per heavy atom. The maximum Gasteiger partial charge on any atom is 0.306 e. The first-order valence-corrected chi connectivity index (χ1v) is 5.10. The van der Waals surface area contributed by atoms with E-state index in [-0.39, 0.29) is 5.97 Å². The molecule has 0 saturated heterocycles. The minimum atomic E-state index is -0.0977. The van der Waals surface area contributed by atoms with Crippen LogP contribution in [0.15, 0.2) is 24.3 Å². The highest BCUT2D eigenvalue weighted by molar-refractivity contribution is 5.69. The number of hydrogen-bond donors (Lipinski definition) is 0. The molecule has 0 amide bonds. The normalized spacial score (nSPS) is 11.7. The number of carbonyl (C=O) groups is 1. The van der Waals surface area contributed by atoms with Gasteiger partial charge in [0.1, 0.15) is 0 Å². The molecule has 0 saturated carbocycles. The maximum absolute atomic E-state index is 11.1. The summed E-state index contributed by atoms with van der Waals surface area (Å²) in [5.41, 5.74) is 0. The van der Waals surface area contributed by atoms with Crippen molar-refractivity contribution in [2.24, 2.45) is 5.92 Å². The fourth-order valence-electron chi connectivity index (χ4n) is 0.919. The molecule has 0 unspecified atom stereocenters. The molecule has 0 aliphatic carbocycles. The van der Waals surface area contributed by atoms with Crippen LogP contribution in [-0.4, -0.2) is 12.6 Å². The van der Waals surface area contributed by atoms with Crippen LogP contribution in [0.2, 0.25) is 0 Å². The summed E-state index contributed by atoms with van der Waals surface area (Å²) in [6.45, 7) is 6.47. The van der Waals surface area contributed by atoms with E-state index in [0.29, 0.717) is 18.9 Å². The molecule has 0 bridgehead atoms. The first kappa shape index (κ1) is 12.9. The molecule has 0 aromatic heterocycles. The van der Waals surface area contributed by atoms with E-state index in [9.17, 15) is 4.79 Å². The van der Waals surface area contributed by atoms with Gasteiger partial charge in [-0.2, -0.15) is 0 Å². The third-order valence-corrected chi connectivity index (χ3v) is 1.56. The van der Waals surface area contributed by atoms with Gasteiger partial charge >= 0.3 is 5.97 Å². The predicted molar refractivity (Wildman–Crippen MR) is 59.0 cm³/mol. The van der Waals surface area contributed by atoms with Gasteiger partial charge in [0.2, 0.25) is 0 Å². The molecular weight excluding hydrogens is 176 g/mol. The molecule has 2 nitrogen and oxygen atoms in total. The molecule has 0 radical (unpaired) electrons. The van der Waals surface area contributed by atoms with E-state index in [1.165, 1.54) is 0 Å². The summed E-state index contributed by atoms with van der Waals surface area (Å²) in [6.07, 6.45) is 9.16. The Bertz CT molecular complexity index is 202. The van der Waals surface area contributed by atoms with Gasteiger partial charge in [-0.25, -0.2) is 0 Å². The van der Waals surface area contributed by atoms with Crippen LogP contribution in [0.1, 0.15) is 33.6 Å². The fourth-order valence-corrected chi connectivity index (χ4v) is 0.919. The number of allylic oxidation sites excluding steroid dienone is 3. The first-order valence-electron chi connectivity index (χ1n) is 5.10. The van der Waals surface area contributed by atoms with Crippen molar-refractivity contribution >= 4 is 5.97 Å². The largest absolute Gasteiger partial charge is 0.465 e. The van der Waals surface area contributed by atoms with Crippen LogP contribution in [0.4, 0.5) is 0 Å². The van der Waals surface area contributed by atoms with Crippen molar-refractivity contribution in [2.75, 3.05) is 6.61 Å². The van der Waals surface area contributed by atoms with Gasteiger partial charge < -0.3 is 4.74 Å². The summed E-state index contributed by atoms with van der Waals surface area (Å²) in [5, 5.41) is 0. The molecule has 80 valence electrons. The Morgan fingerprint density at radius 2 is 2.07 bits per heavy atom. The number of hydrogen-bond acceptors (Lipinski definition) is 2. The summed E-state index contributed by atoms with van der Waals surface area (Å²) < 4.78 is 5.02. The highest BCUT2D eigenvalue weighted by Crippen LogP contribution is 2.01. The second-order valence-corrected chi connectivity index (χ2v) is 3.56. The average molecular weight is 196 g/mol. The van der Waals surface area contributed by atoms with Gasteiger partial charge in [0, 0.05) is 6.42 Å². The van der Waals surface area contributed by atoms with Gasteiger partial charge in [-0.3, -0.25) is 4.79 Å². The van der Waals surface area contributed by atoms with Crippen LogP contribution >= 0.6 is 0 Å². The summed E-state index contributed by atoms with van der Waals surface area (Å²) in [7, 11) is 0. The molecule has 0 aromatic carbocycles. The van der Waals surface area contributed by atoms with E-state index in [1.54, 1.807) is 0 Å². The van der Waals surface area contributed by atoms with Crippen LogP contribution < -0.4 is 0 Å². The third-order valence-electron chi connectivity index (χ3n) is 1.56. The number of esters is 1. The monoisotopic (exact) mass is 196 g/mol. The van der Waals surface area contributed by atoms with Crippen molar-refractivity contribution in [3.63, 3.8) is 0 Å². The Kier molecular flexibility index (Phi) is 7.90. The summed E-state index contributed by atoms with van der Waals surface area (Å²) >= 11 is 0. The number of carbonyl (C=O) groups excluding carboxylic acids is 1. The molecule has 0 heterocycles. The van der Waals surface area contributed by atoms with E-state index in [2.05, 4.69) is 0 Å². The van der Waals surface area contributed by atoms with Crippen LogP contribution in [0.25, 0.3) is 0 Å². The zero-order valence-electron chi connectivity index (χ0n) is 9.32. The molecule has 0 rings (SSSR count). The lowest BCUT2D eigenvalue weighted by molar-refractivity contribution is -0.144. The lowest BCUT2D eigenvalue weighted by Crippen LogP contribution is -2.08. The standard InChI is InChI=1S/C12H20O2/c1-4-5-6-7-8-9-14-12(13)10-11(2)3/h4-7,11H,8-10H2,1-3H3/b5-4+,7-6+. The average Bonchev–Trinajstić information content (AvgIpc) is 2.10. The minimum absolute atomic E-state index is 0.0977. The number of ether oxygens (including phenoxy) is 1. The lowest BCUT2D eigenvalue weighted by Gasteiger charge is -2.04. The van der Waals surface area contributed by atoms with Crippen molar-refractivity contribution in [1.82, 2.24) is 0 Å². The smallest absolute Gasteiger partial charge is 0.306 e. The van der Waals surface area contributed by atoms with E-state index in [4.69, 9.17) is 4.74 Å². The highest BCUT2D eigenvalue weighted by Gasteiger charge is 2.04. The van der Waals surface area contributed by atoms with Crippen LogP contribution in [0, 0.1) is 5.92 Å². The highest BCUT2D eigenvalue weighted by atomic mass is 16.5. The zero-order valence-corrected chi connectivity index (χ0v) is 9.32. The second-order valence-electron chi connectivity index (χ2n) is 3.56. The van der Waals surface area contributed by atoms with Crippen molar-refractivity contribution in [3.8, 4) is 0 Å². The molecule has 14 heavy (non-hydrogen) atoms. The topological polar surface area (TPSA) is 26.3 Å². The van der Waals surface area contributed by atoms with Crippen molar-refractivity contribution < 1.29 is 9.53 Å². The quantitative estimate of drug-likeness (QED) is 0.370. The fraction of sp³-hybridized carbons (Fsp3) is 0.583. The summed E-state index contributed by atoms with van der Waals surface area (Å²) in [5.74, 6) is 0.278. The molecule has 2 heteroatoms. The predicted octanol–water partition coefficient (Wildman–Crippen LogP) is 3.10. The third kappa shape index (κ3) is 9.04. The molecule has 0 aromatic rings. The van der Waals surface area contributed by atoms with Gasteiger partial charge in [0.05, 0.1) is 6.61 Å². The van der Waals surface area contributed by atoms with Gasteiger partial charge in [-0.05, 0) is 19.3 Å². The van der Waals surface area contributed by atoms with E-state index in [1.807, 2.05) is 45.1 Å². The Morgan fingerprint density at radius 3 is 2.64 bits per heavy atom. The van der Waals surface area contributed by atoms with E-state index < -0.39 is 0 Å². The van der Waals surface area contributed by atoms with Crippen LogP contribution in [0.3, 0.4) is 0 Å². The molecule has 0 N–H and O–H groups in total. The van der Waals surface area contributed by atoms with Crippen molar-refractivity contribution in [3.05, 3.63) is 24.3 Å². The Balaban J connectivity index is 3.40. The van der Waals surface area contributed by atoms with Crippen molar-refractivity contribution in [2.45, 2.75) is 33.6 Å². The molecule has 0 atom stereocenters. The van der Waals surface area contributed by atoms with E-state index in [0.717, 1.165) is 6.42 Å². The van der Waals surface area contributed by atoms with E-state index >= 15 is 0 Å². The molecule has 0 spiro atoms. The van der Waals surface area contributed by atoms with Gasteiger partial charge in [0.15, 0.2) is 0 Å². The molecule has 0 fully saturated rings. The Labute approximate surface area is 86.6 Å². The maximum atomic E-state index is 11.1. The minimum Gasteiger partial charge on any atom is -0.465 e. The SMILES string of the molecule is C/C=C/C=C/CCOC(=O)CC(C)C. The summed E-state index contributed by atoms with van der Waals surface area (Å²) in [6, 6.07) is 0. The Hall–Kier alpha value is -1.05. The second kappa shape index (κ2) is 8.54. The zero-order chi connectivity index (χ0) is 10.8. The van der Waals surface area contributed by atoms with Crippen molar-refractivity contribution in [1.29, 1.82) is 0 Å². The van der Waals surface area contributed by atoms with Crippen LogP contribution in [0.5, 0.6) is 0 Å². The molecule has 0 aliphatic heterocycles. The lowest BCUT2D eigenvalue weighted by atomic mass is 10.1.